The molecule has 3 heterocycles. The predicted molar refractivity (Wildman–Crippen MR) is 113 cm³/mol. The standard InChI is InChI=1S/C19H24FN5O2S2/c20-15-5-1-2-6-16(15)24-7-9-25(10-8-24)17(26)13-28-19-23-22-18(29-19)21-12-14-4-3-11-27-14/h1-2,5-6,14H,3-4,7-13H2,(H,21,22)/t14-/m0/s1. The number of hydrogen-bond donors (Lipinski definition) is 1. The Hall–Kier alpha value is -1.91. The summed E-state index contributed by atoms with van der Waals surface area (Å²) in [5, 5.41) is 12.3. The fraction of sp³-hybridized carbons (Fsp3) is 0.526. The van der Waals surface area contributed by atoms with Gasteiger partial charge in [-0.15, -0.1) is 10.2 Å². The Labute approximate surface area is 177 Å². The van der Waals surface area contributed by atoms with Gasteiger partial charge in [0, 0.05) is 39.3 Å². The Balaban J connectivity index is 1.20. The highest BCUT2D eigenvalue weighted by Crippen LogP contribution is 2.26. The Morgan fingerprint density at radius 3 is 2.86 bits per heavy atom. The van der Waals surface area contributed by atoms with Crippen LogP contribution in [-0.4, -0.2) is 72.2 Å². The number of halogens is 1. The normalized spacial score (nSPS) is 19.6. The Morgan fingerprint density at radius 1 is 1.28 bits per heavy atom. The highest BCUT2D eigenvalue weighted by Gasteiger charge is 2.23. The van der Waals surface area contributed by atoms with Crippen molar-refractivity contribution in [3.8, 4) is 0 Å². The summed E-state index contributed by atoms with van der Waals surface area (Å²) in [7, 11) is 0. The van der Waals surface area contributed by atoms with Crippen LogP contribution in [0.4, 0.5) is 15.2 Å². The summed E-state index contributed by atoms with van der Waals surface area (Å²) in [5.41, 5.74) is 0.603. The number of thioether (sulfide) groups is 1. The fourth-order valence-corrected chi connectivity index (χ4v) is 5.13. The van der Waals surface area contributed by atoms with E-state index in [1.165, 1.54) is 29.2 Å². The Morgan fingerprint density at radius 2 is 2.10 bits per heavy atom. The van der Waals surface area contributed by atoms with E-state index in [9.17, 15) is 9.18 Å². The number of para-hydroxylation sites is 1. The number of carbonyl (C=O) groups is 1. The molecule has 156 valence electrons. The molecule has 1 atom stereocenters. The van der Waals surface area contributed by atoms with Gasteiger partial charge in [0.15, 0.2) is 4.34 Å². The molecule has 2 saturated heterocycles. The number of benzene rings is 1. The number of anilines is 2. The molecular formula is C19H24FN5O2S2. The van der Waals surface area contributed by atoms with Crippen molar-refractivity contribution in [2.75, 3.05) is 55.3 Å². The molecule has 0 unspecified atom stereocenters. The molecule has 10 heteroatoms. The van der Waals surface area contributed by atoms with E-state index in [0.717, 1.165) is 35.5 Å². The molecule has 7 nitrogen and oxygen atoms in total. The van der Waals surface area contributed by atoms with Crippen LogP contribution >= 0.6 is 23.1 Å². The van der Waals surface area contributed by atoms with Crippen LogP contribution in [-0.2, 0) is 9.53 Å². The molecule has 0 saturated carbocycles. The summed E-state index contributed by atoms with van der Waals surface area (Å²) in [6, 6.07) is 6.77. The molecule has 2 fully saturated rings. The van der Waals surface area contributed by atoms with Crippen molar-refractivity contribution in [3.63, 3.8) is 0 Å². The highest BCUT2D eigenvalue weighted by atomic mass is 32.2. The van der Waals surface area contributed by atoms with Gasteiger partial charge in [-0.2, -0.15) is 0 Å². The maximum atomic E-state index is 13.9. The number of amides is 1. The van der Waals surface area contributed by atoms with E-state index in [1.54, 1.807) is 12.1 Å². The zero-order valence-corrected chi connectivity index (χ0v) is 17.7. The summed E-state index contributed by atoms with van der Waals surface area (Å²) in [6.45, 7) is 4.03. The van der Waals surface area contributed by atoms with Gasteiger partial charge in [-0.3, -0.25) is 4.79 Å². The first-order valence-electron chi connectivity index (χ1n) is 9.78. The third kappa shape index (κ3) is 5.37. The van der Waals surface area contributed by atoms with Gasteiger partial charge < -0.3 is 19.9 Å². The van der Waals surface area contributed by atoms with Crippen molar-refractivity contribution in [3.05, 3.63) is 30.1 Å². The number of piperazine rings is 1. The van der Waals surface area contributed by atoms with Crippen LogP contribution in [0.15, 0.2) is 28.6 Å². The lowest BCUT2D eigenvalue weighted by Crippen LogP contribution is -2.49. The van der Waals surface area contributed by atoms with Crippen molar-refractivity contribution in [1.82, 2.24) is 15.1 Å². The van der Waals surface area contributed by atoms with Crippen LogP contribution in [0, 0.1) is 5.82 Å². The molecule has 1 amide bonds. The number of ether oxygens (including phenoxy) is 1. The van der Waals surface area contributed by atoms with E-state index in [1.807, 2.05) is 15.9 Å². The third-order valence-corrected chi connectivity index (χ3v) is 7.06. The molecule has 2 aromatic rings. The maximum absolute atomic E-state index is 13.9. The molecule has 2 aliphatic heterocycles. The number of nitrogens with one attached hydrogen (secondary N) is 1. The van der Waals surface area contributed by atoms with Gasteiger partial charge in [0.2, 0.25) is 11.0 Å². The third-order valence-electron chi connectivity index (χ3n) is 5.06. The zero-order valence-electron chi connectivity index (χ0n) is 16.1. The summed E-state index contributed by atoms with van der Waals surface area (Å²) >= 11 is 2.87. The van der Waals surface area contributed by atoms with E-state index in [4.69, 9.17) is 4.74 Å². The lowest BCUT2D eigenvalue weighted by molar-refractivity contribution is -0.128. The van der Waals surface area contributed by atoms with Gasteiger partial charge in [0.25, 0.3) is 0 Å². The van der Waals surface area contributed by atoms with E-state index in [-0.39, 0.29) is 17.8 Å². The molecule has 0 radical (unpaired) electrons. The molecule has 1 aromatic heterocycles. The van der Waals surface area contributed by atoms with Gasteiger partial charge in [-0.05, 0) is 25.0 Å². The second-order valence-electron chi connectivity index (χ2n) is 7.00. The maximum Gasteiger partial charge on any atom is 0.233 e. The lowest BCUT2D eigenvalue weighted by Gasteiger charge is -2.36. The van der Waals surface area contributed by atoms with E-state index in [0.29, 0.717) is 37.6 Å². The molecule has 4 rings (SSSR count). The quantitative estimate of drug-likeness (QED) is 0.668. The molecule has 0 bridgehead atoms. The van der Waals surface area contributed by atoms with Crippen LogP contribution in [0.3, 0.4) is 0 Å². The summed E-state index contributed by atoms with van der Waals surface area (Å²) in [5.74, 6) is 0.190. The first-order valence-corrected chi connectivity index (χ1v) is 11.6. The second-order valence-corrected chi connectivity index (χ2v) is 9.20. The largest absolute Gasteiger partial charge is 0.376 e. The van der Waals surface area contributed by atoms with Crippen molar-refractivity contribution in [1.29, 1.82) is 0 Å². The molecule has 0 aliphatic carbocycles. The Kier molecular flexibility index (Phi) is 6.83. The van der Waals surface area contributed by atoms with Crippen molar-refractivity contribution in [2.24, 2.45) is 0 Å². The van der Waals surface area contributed by atoms with Gasteiger partial charge in [-0.25, -0.2) is 4.39 Å². The van der Waals surface area contributed by atoms with Crippen LogP contribution in [0.2, 0.25) is 0 Å². The minimum absolute atomic E-state index is 0.0762. The number of hydrogen-bond acceptors (Lipinski definition) is 8. The molecular weight excluding hydrogens is 413 g/mol. The first-order chi connectivity index (χ1) is 14.2. The van der Waals surface area contributed by atoms with Crippen LogP contribution in [0.25, 0.3) is 0 Å². The molecule has 1 N–H and O–H groups in total. The number of carbonyl (C=O) groups excluding carboxylic acids is 1. The van der Waals surface area contributed by atoms with Crippen LogP contribution in [0.5, 0.6) is 0 Å². The van der Waals surface area contributed by atoms with Gasteiger partial charge >= 0.3 is 0 Å². The molecule has 2 aliphatic rings. The van der Waals surface area contributed by atoms with Crippen molar-refractivity contribution < 1.29 is 13.9 Å². The molecule has 0 spiro atoms. The summed E-state index contributed by atoms with van der Waals surface area (Å²) in [6.07, 6.45) is 2.44. The smallest absolute Gasteiger partial charge is 0.233 e. The fourth-order valence-electron chi connectivity index (χ4n) is 3.47. The highest BCUT2D eigenvalue weighted by molar-refractivity contribution is 8.01. The zero-order chi connectivity index (χ0) is 20.1. The summed E-state index contributed by atoms with van der Waals surface area (Å²) in [4.78, 5) is 16.3. The predicted octanol–water partition coefficient (Wildman–Crippen LogP) is 2.71. The number of nitrogens with zero attached hydrogens (tertiary/aromatic N) is 4. The summed E-state index contributed by atoms with van der Waals surface area (Å²) < 4.78 is 20.3. The van der Waals surface area contributed by atoms with E-state index >= 15 is 0 Å². The van der Waals surface area contributed by atoms with Crippen LogP contribution < -0.4 is 10.2 Å². The average Bonchev–Trinajstić information content (AvgIpc) is 3.43. The van der Waals surface area contributed by atoms with Gasteiger partial charge in [0.05, 0.1) is 17.5 Å². The molecule has 29 heavy (non-hydrogen) atoms. The van der Waals surface area contributed by atoms with Crippen molar-refractivity contribution in [2.45, 2.75) is 23.3 Å². The van der Waals surface area contributed by atoms with Crippen molar-refractivity contribution >= 4 is 39.8 Å². The Bertz CT molecular complexity index is 822. The van der Waals surface area contributed by atoms with Gasteiger partial charge in [0.1, 0.15) is 5.82 Å². The minimum Gasteiger partial charge on any atom is -0.376 e. The monoisotopic (exact) mass is 437 g/mol. The minimum atomic E-state index is -0.219. The number of rotatable bonds is 7. The SMILES string of the molecule is O=C(CSc1nnc(NC[C@@H]2CCCO2)s1)N1CCN(c2ccccc2F)CC1. The van der Waals surface area contributed by atoms with Crippen LogP contribution in [0.1, 0.15) is 12.8 Å². The topological polar surface area (TPSA) is 70.6 Å². The van der Waals surface area contributed by atoms with Gasteiger partial charge in [-0.1, -0.05) is 35.2 Å². The second kappa shape index (κ2) is 9.73. The number of aromatic nitrogens is 2. The first kappa shape index (κ1) is 20.4. The molecule has 1 aromatic carbocycles. The van der Waals surface area contributed by atoms with E-state index < -0.39 is 0 Å². The lowest BCUT2D eigenvalue weighted by atomic mass is 10.2. The average molecular weight is 438 g/mol. The van der Waals surface area contributed by atoms with E-state index in [2.05, 4.69) is 15.5 Å².